The van der Waals surface area contributed by atoms with E-state index in [9.17, 15) is 9.90 Å². The topological polar surface area (TPSA) is 60.8 Å². The molecule has 4 nitrogen and oxygen atoms in total. The number of carbonyl (C=O) groups is 1. The second-order valence-electron chi connectivity index (χ2n) is 6.77. The zero-order chi connectivity index (χ0) is 19.7. The number of hydrogen-bond acceptors (Lipinski definition) is 3. The van der Waals surface area contributed by atoms with E-state index in [-0.39, 0.29) is 12.5 Å². The fourth-order valence-corrected chi connectivity index (χ4v) is 3.27. The molecule has 2 N–H and O–H groups in total. The Morgan fingerprint density at radius 1 is 1.15 bits per heavy atom. The zero-order valence-corrected chi connectivity index (χ0v) is 16.1. The van der Waals surface area contributed by atoms with Gasteiger partial charge in [0.05, 0.1) is 0 Å². The molecular weight excluding hydrogens is 338 g/mol. The molecule has 1 fully saturated rings. The summed E-state index contributed by atoms with van der Waals surface area (Å²) in [5.41, 5.74) is 1.51. The van der Waals surface area contributed by atoms with Crippen LogP contribution in [0, 0.1) is 0 Å². The monoisotopic (exact) mass is 367 g/mol. The molecule has 1 heterocycles. The van der Waals surface area contributed by atoms with Gasteiger partial charge in [-0.05, 0) is 24.5 Å². The van der Waals surface area contributed by atoms with Crippen LogP contribution in [-0.2, 0) is 10.4 Å². The minimum Gasteiger partial charge on any atom is -0.481 e. The smallest absolute Gasteiger partial charge is 0.303 e. The highest BCUT2D eigenvalue weighted by Gasteiger charge is 2.43. The van der Waals surface area contributed by atoms with Gasteiger partial charge >= 0.3 is 5.97 Å². The van der Waals surface area contributed by atoms with Crippen molar-refractivity contribution < 1.29 is 15.0 Å². The maximum Gasteiger partial charge on any atom is 0.303 e. The average molecular weight is 367 g/mol. The number of aliphatic carboxylic acids is 1. The molecule has 0 aromatic heterocycles. The quantitative estimate of drug-likeness (QED) is 0.833. The van der Waals surface area contributed by atoms with E-state index in [1.807, 2.05) is 48.5 Å². The summed E-state index contributed by atoms with van der Waals surface area (Å²) in [6, 6.07) is 20.5. The summed E-state index contributed by atoms with van der Waals surface area (Å²) in [4.78, 5) is 11.7. The largest absolute Gasteiger partial charge is 0.481 e. The molecule has 3 rings (SSSR count). The van der Waals surface area contributed by atoms with Crippen LogP contribution >= 0.6 is 0 Å². The lowest BCUT2D eigenvalue weighted by molar-refractivity contribution is -0.136. The van der Waals surface area contributed by atoms with Crippen LogP contribution in [0.2, 0.25) is 0 Å². The van der Waals surface area contributed by atoms with Crippen LogP contribution in [-0.4, -0.2) is 40.2 Å². The summed E-state index contributed by atoms with van der Waals surface area (Å²) in [7, 11) is 0. The SMILES string of the molecule is CC1N(CC=Cc2ccccc2)CCC1(O)c1ccccc1.CCC(=O)O. The number of benzene rings is 2. The second kappa shape index (κ2) is 10.0. The van der Waals surface area contributed by atoms with E-state index in [1.165, 1.54) is 5.56 Å². The molecule has 0 radical (unpaired) electrons. The summed E-state index contributed by atoms with van der Waals surface area (Å²) < 4.78 is 0. The van der Waals surface area contributed by atoms with Gasteiger partial charge in [-0.2, -0.15) is 0 Å². The molecule has 1 aliphatic heterocycles. The maximum absolute atomic E-state index is 11.1. The van der Waals surface area contributed by atoms with E-state index in [1.54, 1.807) is 6.92 Å². The molecule has 0 spiro atoms. The summed E-state index contributed by atoms with van der Waals surface area (Å²) in [5, 5.41) is 18.8. The minimum absolute atomic E-state index is 0.121. The van der Waals surface area contributed by atoms with Gasteiger partial charge in [0.15, 0.2) is 0 Å². The fourth-order valence-electron chi connectivity index (χ4n) is 3.27. The van der Waals surface area contributed by atoms with Crippen LogP contribution in [0.25, 0.3) is 6.08 Å². The molecule has 1 saturated heterocycles. The van der Waals surface area contributed by atoms with Crippen LogP contribution in [0.1, 0.15) is 37.8 Å². The first-order valence-electron chi connectivity index (χ1n) is 9.42. The molecule has 2 aromatic carbocycles. The molecule has 0 aliphatic carbocycles. The van der Waals surface area contributed by atoms with Crippen LogP contribution in [0.4, 0.5) is 0 Å². The third-order valence-corrected chi connectivity index (χ3v) is 5.04. The number of hydrogen-bond donors (Lipinski definition) is 2. The van der Waals surface area contributed by atoms with Crippen molar-refractivity contribution in [1.29, 1.82) is 0 Å². The normalized spacial score (nSPS) is 22.4. The predicted molar refractivity (Wildman–Crippen MR) is 109 cm³/mol. The highest BCUT2D eigenvalue weighted by Crippen LogP contribution is 2.37. The Kier molecular flexibility index (Phi) is 7.77. The van der Waals surface area contributed by atoms with Crippen molar-refractivity contribution in [3.05, 3.63) is 77.9 Å². The van der Waals surface area contributed by atoms with Gasteiger partial charge in [0, 0.05) is 25.6 Å². The lowest BCUT2D eigenvalue weighted by atomic mass is 9.87. The summed E-state index contributed by atoms with van der Waals surface area (Å²) in [6.07, 6.45) is 5.34. The Morgan fingerprint density at radius 3 is 2.26 bits per heavy atom. The van der Waals surface area contributed by atoms with Gasteiger partial charge in [0.2, 0.25) is 0 Å². The highest BCUT2D eigenvalue weighted by molar-refractivity contribution is 5.66. The lowest BCUT2D eigenvalue weighted by Gasteiger charge is -2.31. The van der Waals surface area contributed by atoms with E-state index in [0.717, 1.165) is 25.1 Å². The van der Waals surface area contributed by atoms with Crippen LogP contribution in [0.3, 0.4) is 0 Å². The molecule has 27 heavy (non-hydrogen) atoms. The van der Waals surface area contributed by atoms with Crippen molar-refractivity contribution in [2.45, 2.75) is 38.3 Å². The Morgan fingerprint density at radius 2 is 1.70 bits per heavy atom. The summed E-state index contributed by atoms with van der Waals surface area (Å²) >= 11 is 0. The molecule has 2 atom stereocenters. The van der Waals surface area contributed by atoms with Crippen molar-refractivity contribution in [3.8, 4) is 0 Å². The van der Waals surface area contributed by atoms with Crippen LogP contribution < -0.4 is 0 Å². The maximum atomic E-state index is 11.1. The first-order valence-corrected chi connectivity index (χ1v) is 9.42. The number of aliphatic hydroxyl groups is 1. The molecule has 2 unspecified atom stereocenters. The Hall–Kier alpha value is -2.43. The molecule has 4 heteroatoms. The van der Waals surface area contributed by atoms with Crippen LogP contribution in [0.5, 0.6) is 0 Å². The second-order valence-corrected chi connectivity index (χ2v) is 6.77. The number of carboxylic acid groups (broad SMARTS) is 1. The lowest BCUT2D eigenvalue weighted by Crippen LogP contribution is -2.40. The Labute approximate surface area is 161 Å². The van der Waals surface area contributed by atoms with E-state index in [4.69, 9.17) is 5.11 Å². The van der Waals surface area contributed by atoms with Crippen molar-refractivity contribution in [2.75, 3.05) is 13.1 Å². The third kappa shape index (κ3) is 5.78. The number of nitrogens with zero attached hydrogens (tertiary/aromatic N) is 1. The van der Waals surface area contributed by atoms with Gasteiger partial charge in [0.25, 0.3) is 0 Å². The standard InChI is InChI=1S/C20H23NO.C3H6O2/c1-17-20(22,19-12-6-3-7-13-19)14-16-21(17)15-8-11-18-9-4-2-5-10-18;1-2-3(4)5/h2-13,17,22H,14-16H2,1H3;2H2,1H3,(H,4,5). The van der Waals surface area contributed by atoms with Crippen molar-refractivity contribution >= 4 is 12.0 Å². The Bertz CT molecular complexity index is 730. The number of rotatable bonds is 5. The minimum atomic E-state index is -0.745. The number of likely N-dealkylation sites (tertiary alicyclic amines) is 1. The fraction of sp³-hybridized carbons (Fsp3) is 0.348. The van der Waals surface area contributed by atoms with E-state index < -0.39 is 11.6 Å². The molecule has 2 aromatic rings. The third-order valence-electron chi connectivity index (χ3n) is 5.04. The molecule has 1 aliphatic rings. The van der Waals surface area contributed by atoms with Crippen LogP contribution in [0.15, 0.2) is 66.7 Å². The summed E-state index contributed by atoms with van der Waals surface area (Å²) in [5.74, 6) is -0.745. The first kappa shape index (κ1) is 20.9. The van der Waals surface area contributed by atoms with Gasteiger partial charge in [-0.3, -0.25) is 9.69 Å². The van der Waals surface area contributed by atoms with Gasteiger partial charge in [-0.1, -0.05) is 79.7 Å². The van der Waals surface area contributed by atoms with Crippen molar-refractivity contribution in [2.24, 2.45) is 0 Å². The van der Waals surface area contributed by atoms with E-state index >= 15 is 0 Å². The Balaban J connectivity index is 0.000000465. The zero-order valence-electron chi connectivity index (χ0n) is 16.1. The molecule has 144 valence electrons. The molecule has 0 saturated carbocycles. The first-order chi connectivity index (χ1) is 13.0. The van der Waals surface area contributed by atoms with Gasteiger partial charge in [-0.15, -0.1) is 0 Å². The highest BCUT2D eigenvalue weighted by atomic mass is 16.4. The van der Waals surface area contributed by atoms with E-state index in [0.29, 0.717) is 0 Å². The van der Waals surface area contributed by atoms with Gasteiger partial charge in [-0.25, -0.2) is 0 Å². The number of carboxylic acids is 1. The van der Waals surface area contributed by atoms with E-state index in [2.05, 4.69) is 36.1 Å². The van der Waals surface area contributed by atoms with Crippen molar-refractivity contribution in [1.82, 2.24) is 4.90 Å². The predicted octanol–water partition coefficient (Wildman–Crippen LogP) is 4.16. The molecular formula is C23H29NO3. The van der Waals surface area contributed by atoms with Gasteiger partial charge < -0.3 is 10.2 Å². The average Bonchev–Trinajstić information content (AvgIpc) is 3.00. The van der Waals surface area contributed by atoms with Gasteiger partial charge in [0.1, 0.15) is 5.60 Å². The summed E-state index contributed by atoms with van der Waals surface area (Å²) in [6.45, 7) is 5.51. The van der Waals surface area contributed by atoms with Crippen molar-refractivity contribution in [3.63, 3.8) is 0 Å². The molecule has 0 bridgehead atoms. The molecule has 0 amide bonds.